The van der Waals surface area contributed by atoms with Crippen LogP contribution in [0.3, 0.4) is 0 Å². The van der Waals surface area contributed by atoms with Crippen molar-refractivity contribution in [3.63, 3.8) is 0 Å². The number of carbonyl (C=O) groups is 1. The maximum absolute atomic E-state index is 11.7. The normalized spacial score (nSPS) is 11.0. The number of imidazole rings is 1. The molecule has 1 aromatic rings. The van der Waals surface area contributed by atoms with E-state index < -0.39 is 0 Å². The first-order valence-corrected chi connectivity index (χ1v) is 10.9. The molecule has 1 heterocycles. The summed E-state index contributed by atoms with van der Waals surface area (Å²) in [6, 6.07) is 0. The molecule has 4 nitrogen and oxygen atoms in total. The Hall–Kier alpha value is -1.32. The van der Waals surface area contributed by atoms with Gasteiger partial charge in [-0.2, -0.15) is 0 Å². The van der Waals surface area contributed by atoms with E-state index in [0.29, 0.717) is 6.61 Å². The summed E-state index contributed by atoms with van der Waals surface area (Å²) in [5, 5.41) is 0. The van der Waals surface area contributed by atoms with Crippen molar-refractivity contribution < 1.29 is 9.53 Å². The van der Waals surface area contributed by atoms with E-state index in [2.05, 4.69) is 11.9 Å². The van der Waals surface area contributed by atoms with Gasteiger partial charge in [0.2, 0.25) is 0 Å². The van der Waals surface area contributed by atoms with Crippen LogP contribution in [0.2, 0.25) is 0 Å². The second kappa shape index (κ2) is 15.9. The van der Waals surface area contributed by atoms with E-state index in [1.54, 1.807) is 6.20 Å². The molecule has 0 aromatic carbocycles. The fraction of sp³-hybridized carbons (Fsp3) is 0.818. The molecule has 0 unspecified atom stereocenters. The molecular formula is C22H40N2O2. The van der Waals surface area contributed by atoms with Crippen LogP contribution in [0.4, 0.5) is 0 Å². The Labute approximate surface area is 160 Å². The molecule has 4 heteroatoms. The molecule has 0 spiro atoms. The van der Waals surface area contributed by atoms with E-state index in [9.17, 15) is 4.79 Å². The Morgan fingerprint density at radius 2 is 1.38 bits per heavy atom. The third kappa shape index (κ3) is 12.1. The van der Waals surface area contributed by atoms with Gasteiger partial charge in [-0.25, -0.2) is 4.98 Å². The van der Waals surface area contributed by atoms with Gasteiger partial charge >= 0.3 is 5.97 Å². The number of nitrogens with zero attached hydrogens (tertiary/aromatic N) is 2. The van der Waals surface area contributed by atoms with E-state index in [-0.39, 0.29) is 12.4 Å². The van der Waals surface area contributed by atoms with E-state index in [1.807, 2.05) is 17.8 Å². The van der Waals surface area contributed by atoms with Crippen molar-refractivity contribution in [2.75, 3.05) is 6.61 Å². The maximum atomic E-state index is 11.7. The molecule has 0 aliphatic heterocycles. The van der Waals surface area contributed by atoms with Crippen molar-refractivity contribution >= 4 is 5.97 Å². The highest BCUT2D eigenvalue weighted by atomic mass is 16.5. The number of esters is 1. The highest BCUT2D eigenvalue weighted by Gasteiger charge is 2.08. The van der Waals surface area contributed by atoms with Gasteiger partial charge in [0.25, 0.3) is 0 Å². The monoisotopic (exact) mass is 364 g/mol. The second-order valence-electron chi connectivity index (χ2n) is 7.45. The smallest absolute Gasteiger partial charge is 0.313 e. The molecule has 0 radical (unpaired) electrons. The number of hydrogen-bond donors (Lipinski definition) is 0. The zero-order chi connectivity index (χ0) is 18.9. The number of aromatic nitrogens is 2. The Balaban J connectivity index is 1.78. The van der Waals surface area contributed by atoms with Crippen LogP contribution in [0.5, 0.6) is 0 Å². The Kier molecular flexibility index (Phi) is 13.9. The van der Waals surface area contributed by atoms with Crippen LogP contribution >= 0.6 is 0 Å². The Morgan fingerprint density at radius 1 is 0.885 bits per heavy atom. The molecule has 0 N–H and O–H groups in total. The molecule has 0 atom stereocenters. The second-order valence-corrected chi connectivity index (χ2v) is 7.45. The lowest BCUT2D eigenvalue weighted by Crippen LogP contribution is -2.12. The van der Waals surface area contributed by atoms with Gasteiger partial charge in [-0.3, -0.25) is 4.79 Å². The van der Waals surface area contributed by atoms with Crippen molar-refractivity contribution in [2.24, 2.45) is 7.05 Å². The summed E-state index contributed by atoms with van der Waals surface area (Å²) in [7, 11) is 1.89. The third-order valence-corrected chi connectivity index (χ3v) is 4.98. The number of hydrogen-bond acceptors (Lipinski definition) is 3. The van der Waals surface area contributed by atoms with Gasteiger partial charge in [-0.1, -0.05) is 90.4 Å². The van der Waals surface area contributed by atoms with Crippen LogP contribution < -0.4 is 0 Å². The van der Waals surface area contributed by atoms with Gasteiger partial charge in [0.15, 0.2) is 0 Å². The summed E-state index contributed by atoms with van der Waals surface area (Å²) in [6.45, 7) is 2.82. The summed E-state index contributed by atoms with van der Waals surface area (Å²) in [6.07, 6.45) is 22.5. The predicted molar refractivity (Wildman–Crippen MR) is 108 cm³/mol. The van der Waals surface area contributed by atoms with Crippen LogP contribution in [0, 0.1) is 0 Å². The number of ether oxygens (including phenoxy) is 1. The highest BCUT2D eigenvalue weighted by Crippen LogP contribution is 2.13. The highest BCUT2D eigenvalue weighted by molar-refractivity contribution is 5.71. The van der Waals surface area contributed by atoms with Gasteiger partial charge < -0.3 is 9.30 Å². The molecule has 1 aromatic heterocycles. The minimum Gasteiger partial charge on any atom is -0.465 e. The van der Waals surface area contributed by atoms with Gasteiger partial charge in [0.1, 0.15) is 12.2 Å². The number of aryl methyl sites for hydroxylation is 1. The number of rotatable bonds is 17. The number of unbranched alkanes of at least 4 members (excludes halogenated alkanes) is 13. The Morgan fingerprint density at radius 3 is 1.85 bits per heavy atom. The van der Waals surface area contributed by atoms with E-state index >= 15 is 0 Å². The lowest BCUT2D eigenvalue weighted by atomic mass is 10.0. The van der Waals surface area contributed by atoms with Crippen molar-refractivity contribution in [3.8, 4) is 0 Å². The van der Waals surface area contributed by atoms with Crippen molar-refractivity contribution in [3.05, 3.63) is 18.2 Å². The quantitative estimate of drug-likeness (QED) is 0.252. The summed E-state index contributed by atoms with van der Waals surface area (Å²) in [5.74, 6) is 0.588. The van der Waals surface area contributed by atoms with E-state index in [4.69, 9.17) is 4.74 Å². The fourth-order valence-corrected chi connectivity index (χ4v) is 3.23. The molecule has 0 saturated heterocycles. The summed E-state index contributed by atoms with van der Waals surface area (Å²) in [5.41, 5.74) is 0. The molecule has 0 bridgehead atoms. The SMILES string of the molecule is CCCCCCCCCCCCCCCCOC(=O)Cc1nccn1C. The zero-order valence-electron chi connectivity index (χ0n) is 17.2. The van der Waals surface area contributed by atoms with Crippen LogP contribution in [-0.4, -0.2) is 22.1 Å². The molecule has 26 heavy (non-hydrogen) atoms. The largest absolute Gasteiger partial charge is 0.465 e. The van der Waals surface area contributed by atoms with E-state index in [1.165, 1.54) is 77.0 Å². The fourth-order valence-electron chi connectivity index (χ4n) is 3.23. The minimum atomic E-state index is -0.172. The lowest BCUT2D eigenvalue weighted by molar-refractivity contribution is -0.143. The molecule has 150 valence electrons. The van der Waals surface area contributed by atoms with Crippen LogP contribution in [0.25, 0.3) is 0 Å². The Bertz CT molecular complexity index is 457. The molecule has 0 saturated carbocycles. The maximum Gasteiger partial charge on any atom is 0.313 e. The van der Waals surface area contributed by atoms with Gasteiger partial charge in [-0.05, 0) is 6.42 Å². The zero-order valence-corrected chi connectivity index (χ0v) is 17.2. The van der Waals surface area contributed by atoms with Crippen LogP contribution in [0.15, 0.2) is 12.4 Å². The molecule has 1 rings (SSSR count). The van der Waals surface area contributed by atoms with Crippen LogP contribution in [-0.2, 0) is 23.0 Å². The first kappa shape index (κ1) is 22.7. The molecule has 0 amide bonds. The summed E-state index contributed by atoms with van der Waals surface area (Å²) >= 11 is 0. The molecule has 0 aliphatic rings. The van der Waals surface area contributed by atoms with Gasteiger partial charge in [0, 0.05) is 19.4 Å². The van der Waals surface area contributed by atoms with Gasteiger partial charge in [0.05, 0.1) is 6.61 Å². The average Bonchev–Trinajstić information content (AvgIpc) is 3.03. The van der Waals surface area contributed by atoms with Crippen LogP contribution in [0.1, 0.15) is 103 Å². The summed E-state index contributed by atoms with van der Waals surface area (Å²) in [4.78, 5) is 15.9. The van der Waals surface area contributed by atoms with Crippen molar-refractivity contribution in [1.29, 1.82) is 0 Å². The van der Waals surface area contributed by atoms with Gasteiger partial charge in [-0.15, -0.1) is 0 Å². The summed E-state index contributed by atoms with van der Waals surface area (Å²) < 4.78 is 7.14. The third-order valence-electron chi connectivity index (χ3n) is 4.98. The van der Waals surface area contributed by atoms with E-state index in [0.717, 1.165) is 18.7 Å². The van der Waals surface area contributed by atoms with Crippen molar-refractivity contribution in [1.82, 2.24) is 9.55 Å². The molecular weight excluding hydrogens is 324 g/mol. The molecule has 0 fully saturated rings. The molecule has 0 aliphatic carbocycles. The minimum absolute atomic E-state index is 0.172. The number of carbonyl (C=O) groups excluding carboxylic acids is 1. The lowest BCUT2D eigenvalue weighted by Gasteiger charge is -2.05. The topological polar surface area (TPSA) is 44.1 Å². The first-order valence-electron chi connectivity index (χ1n) is 10.9. The standard InChI is InChI=1S/C22H40N2O2/c1-3-4-5-6-7-8-9-10-11-12-13-14-15-16-19-26-22(25)20-21-23-17-18-24(21)2/h17-18H,3-16,19-20H2,1-2H3. The first-order chi connectivity index (χ1) is 12.7. The van der Waals surface area contributed by atoms with Crippen molar-refractivity contribution in [2.45, 2.75) is 103 Å². The average molecular weight is 365 g/mol. The predicted octanol–water partition coefficient (Wildman–Crippen LogP) is 5.99.